The fraction of sp³-hybridized carbons (Fsp3) is 0.471. The molecule has 1 heterocycles. The molecular formula is C17H23BrN2S. The van der Waals surface area contributed by atoms with Crippen LogP contribution in [0.4, 0.5) is 0 Å². The Morgan fingerprint density at radius 2 is 1.86 bits per heavy atom. The van der Waals surface area contributed by atoms with Gasteiger partial charge in [-0.3, -0.25) is 4.90 Å². The van der Waals surface area contributed by atoms with E-state index in [4.69, 9.17) is 4.98 Å². The summed E-state index contributed by atoms with van der Waals surface area (Å²) in [6.07, 6.45) is 0. The van der Waals surface area contributed by atoms with E-state index in [-0.39, 0.29) is 5.41 Å². The summed E-state index contributed by atoms with van der Waals surface area (Å²) < 4.78 is 0. The molecule has 1 aromatic carbocycles. The quantitative estimate of drug-likeness (QED) is 0.680. The number of hydrogen-bond donors (Lipinski definition) is 0. The maximum Gasteiger partial charge on any atom is 0.107 e. The summed E-state index contributed by atoms with van der Waals surface area (Å²) in [7, 11) is 0. The van der Waals surface area contributed by atoms with Crippen LogP contribution in [0.2, 0.25) is 0 Å². The maximum atomic E-state index is 4.81. The van der Waals surface area contributed by atoms with E-state index in [2.05, 4.69) is 77.3 Å². The molecule has 0 bridgehead atoms. The van der Waals surface area contributed by atoms with Crippen molar-refractivity contribution >= 4 is 27.3 Å². The lowest BCUT2D eigenvalue weighted by Crippen LogP contribution is -2.25. The second-order valence-electron chi connectivity index (χ2n) is 6.26. The third kappa shape index (κ3) is 5.20. The van der Waals surface area contributed by atoms with Crippen molar-refractivity contribution in [2.75, 3.05) is 11.9 Å². The first-order chi connectivity index (χ1) is 9.99. The Balaban J connectivity index is 2.04. The van der Waals surface area contributed by atoms with E-state index in [0.29, 0.717) is 0 Å². The molecule has 0 atom stereocenters. The Bertz CT molecular complexity index is 545. The van der Waals surface area contributed by atoms with Crippen LogP contribution < -0.4 is 0 Å². The largest absolute Gasteiger partial charge is 0.292 e. The van der Waals surface area contributed by atoms with Gasteiger partial charge in [0.15, 0.2) is 0 Å². The lowest BCUT2D eigenvalue weighted by atomic mass is 9.93. The van der Waals surface area contributed by atoms with Crippen molar-refractivity contribution in [2.24, 2.45) is 0 Å². The lowest BCUT2D eigenvalue weighted by molar-refractivity contribution is 0.273. The highest BCUT2D eigenvalue weighted by Gasteiger charge is 2.18. The zero-order valence-corrected chi connectivity index (χ0v) is 15.4. The fourth-order valence-corrected chi connectivity index (χ4v) is 3.66. The Hall–Kier alpha value is -0.710. The first-order valence-corrected chi connectivity index (χ1v) is 9.26. The van der Waals surface area contributed by atoms with E-state index >= 15 is 0 Å². The van der Waals surface area contributed by atoms with Crippen LogP contribution in [0.25, 0.3) is 0 Å². The summed E-state index contributed by atoms with van der Waals surface area (Å²) in [5.41, 5.74) is 2.68. The normalized spacial score (nSPS) is 12.0. The van der Waals surface area contributed by atoms with Crippen LogP contribution in [-0.4, -0.2) is 21.8 Å². The Kier molecular flexibility index (Phi) is 5.97. The van der Waals surface area contributed by atoms with Crippen molar-refractivity contribution in [1.82, 2.24) is 9.88 Å². The van der Waals surface area contributed by atoms with E-state index in [0.717, 1.165) is 25.0 Å². The molecule has 0 spiro atoms. The van der Waals surface area contributed by atoms with Gasteiger partial charge in [0.2, 0.25) is 0 Å². The average Bonchev–Trinajstić information content (AvgIpc) is 2.89. The molecule has 0 unspecified atom stereocenters. The fourth-order valence-electron chi connectivity index (χ4n) is 2.09. The molecule has 2 nitrogen and oxygen atoms in total. The molecule has 114 valence electrons. The predicted molar refractivity (Wildman–Crippen MR) is 95.2 cm³/mol. The van der Waals surface area contributed by atoms with Crippen molar-refractivity contribution in [3.8, 4) is 0 Å². The number of hydrogen-bond acceptors (Lipinski definition) is 3. The SMILES string of the molecule is CC(C)(C)c1csc(CN(CCBr)Cc2ccccc2)n1. The molecule has 0 amide bonds. The lowest BCUT2D eigenvalue weighted by Gasteiger charge is -2.20. The van der Waals surface area contributed by atoms with Gasteiger partial charge in [-0.2, -0.15) is 0 Å². The summed E-state index contributed by atoms with van der Waals surface area (Å²) in [6, 6.07) is 10.6. The number of alkyl halides is 1. The number of aromatic nitrogens is 1. The minimum absolute atomic E-state index is 0.133. The Morgan fingerprint density at radius 3 is 2.43 bits per heavy atom. The highest BCUT2D eigenvalue weighted by molar-refractivity contribution is 9.09. The summed E-state index contributed by atoms with van der Waals surface area (Å²) in [5.74, 6) is 0. The molecule has 1 aromatic heterocycles. The maximum absolute atomic E-state index is 4.81. The van der Waals surface area contributed by atoms with E-state index in [1.165, 1.54) is 16.3 Å². The molecule has 4 heteroatoms. The molecule has 0 N–H and O–H groups in total. The van der Waals surface area contributed by atoms with Crippen LogP contribution in [0.5, 0.6) is 0 Å². The number of benzene rings is 1. The van der Waals surface area contributed by atoms with Crippen LogP contribution in [0.3, 0.4) is 0 Å². The number of halogens is 1. The van der Waals surface area contributed by atoms with Crippen molar-refractivity contribution in [3.63, 3.8) is 0 Å². The van der Waals surface area contributed by atoms with Gasteiger partial charge in [0.05, 0.1) is 12.2 Å². The molecule has 0 saturated heterocycles. The van der Waals surface area contributed by atoms with E-state index in [1.807, 2.05) is 0 Å². The molecule has 0 radical (unpaired) electrons. The van der Waals surface area contributed by atoms with Crippen molar-refractivity contribution in [3.05, 3.63) is 52.0 Å². The van der Waals surface area contributed by atoms with Crippen LogP contribution >= 0.6 is 27.3 Å². The molecule has 0 aliphatic rings. The topological polar surface area (TPSA) is 16.1 Å². The monoisotopic (exact) mass is 366 g/mol. The van der Waals surface area contributed by atoms with E-state index < -0.39 is 0 Å². The van der Waals surface area contributed by atoms with E-state index in [9.17, 15) is 0 Å². The van der Waals surface area contributed by atoms with Gasteiger partial charge in [-0.15, -0.1) is 11.3 Å². The summed E-state index contributed by atoms with van der Waals surface area (Å²) in [4.78, 5) is 7.25. The van der Waals surface area contributed by atoms with Gasteiger partial charge in [-0.05, 0) is 5.56 Å². The van der Waals surface area contributed by atoms with Crippen LogP contribution in [-0.2, 0) is 18.5 Å². The highest BCUT2D eigenvalue weighted by Crippen LogP contribution is 2.24. The van der Waals surface area contributed by atoms with Gasteiger partial charge < -0.3 is 0 Å². The Morgan fingerprint density at radius 1 is 1.14 bits per heavy atom. The third-order valence-corrected chi connectivity index (χ3v) is 4.52. The van der Waals surface area contributed by atoms with Crippen LogP contribution in [0, 0.1) is 0 Å². The number of rotatable bonds is 6. The third-order valence-electron chi connectivity index (χ3n) is 3.33. The van der Waals surface area contributed by atoms with Crippen molar-refractivity contribution in [1.29, 1.82) is 0 Å². The van der Waals surface area contributed by atoms with Gasteiger partial charge in [0.1, 0.15) is 5.01 Å². The zero-order valence-electron chi connectivity index (χ0n) is 13.0. The highest BCUT2D eigenvalue weighted by atomic mass is 79.9. The molecule has 2 rings (SSSR count). The standard InChI is InChI=1S/C17H23BrN2S/c1-17(2,3)15-13-21-16(19-15)12-20(10-9-18)11-14-7-5-4-6-8-14/h4-8,13H,9-12H2,1-3H3. The minimum Gasteiger partial charge on any atom is -0.292 e. The Labute approximate surface area is 140 Å². The van der Waals surface area contributed by atoms with Gasteiger partial charge >= 0.3 is 0 Å². The zero-order chi connectivity index (χ0) is 15.3. The van der Waals surface area contributed by atoms with E-state index in [1.54, 1.807) is 11.3 Å². The van der Waals surface area contributed by atoms with Crippen LogP contribution in [0.15, 0.2) is 35.7 Å². The summed E-state index contributed by atoms with van der Waals surface area (Å²) >= 11 is 5.33. The molecule has 0 fully saturated rings. The van der Waals surface area contributed by atoms with Gasteiger partial charge in [-0.1, -0.05) is 67.0 Å². The number of thiazole rings is 1. The van der Waals surface area contributed by atoms with Gasteiger partial charge in [0, 0.05) is 29.2 Å². The molecule has 0 aliphatic heterocycles. The van der Waals surface area contributed by atoms with Crippen molar-refractivity contribution in [2.45, 2.75) is 39.3 Å². The molecular weight excluding hydrogens is 344 g/mol. The van der Waals surface area contributed by atoms with Gasteiger partial charge in [0.25, 0.3) is 0 Å². The summed E-state index contributed by atoms with van der Waals surface area (Å²) in [6.45, 7) is 9.56. The van der Waals surface area contributed by atoms with Crippen molar-refractivity contribution < 1.29 is 0 Å². The minimum atomic E-state index is 0.133. The second-order valence-corrected chi connectivity index (χ2v) is 8.00. The second kappa shape index (κ2) is 7.52. The first kappa shape index (κ1) is 16.7. The smallest absolute Gasteiger partial charge is 0.107 e. The first-order valence-electron chi connectivity index (χ1n) is 7.26. The predicted octanol–water partition coefficient (Wildman–Crippen LogP) is 4.84. The van der Waals surface area contributed by atoms with Crippen LogP contribution in [0.1, 0.15) is 37.0 Å². The molecule has 21 heavy (non-hydrogen) atoms. The number of nitrogens with zero attached hydrogens (tertiary/aromatic N) is 2. The average molecular weight is 367 g/mol. The summed E-state index contributed by atoms with van der Waals surface area (Å²) in [5, 5.41) is 4.39. The molecule has 2 aromatic rings. The molecule has 0 aliphatic carbocycles. The van der Waals surface area contributed by atoms with Gasteiger partial charge in [-0.25, -0.2) is 4.98 Å². The molecule has 0 saturated carbocycles.